The molecule has 1 fully saturated rings. The van der Waals surface area contributed by atoms with Gasteiger partial charge in [0, 0.05) is 53.1 Å². The van der Waals surface area contributed by atoms with Crippen LogP contribution in [0.1, 0.15) is 66.5 Å². The van der Waals surface area contributed by atoms with Crippen molar-refractivity contribution in [2.24, 2.45) is 0 Å². The number of fused-ring (bicyclic) bond motifs is 1. The molecule has 4 aromatic rings. The Kier molecular flexibility index (Phi) is 7.27. The first-order chi connectivity index (χ1) is 18.4. The number of nitrogens with zero attached hydrogens (tertiary/aromatic N) is 2. The van der Waals surface area contributed by atoms with E-state index < -0.39 is 5.54 Å². The predicted octanol–water partition coefficient (Wildman–Crippen LogP) is 5.02. The normalized spacial score (nSPS) is 16.5. The topological polar surface area (TPSA) is 99.8 Å². The number of aromatic amines is 1. The van der Waals surface area contributed by atoms with Gasteiger partial charge in [0.05, 0.1) is 0 Å². The summed E-state index contributed by atoms with van der Waals surface area (Å²) in [5.41, 5.74) is 2.61. The van der Waals surface area contributed by atoms with Gasteiger partial charge in [-0.15, -0.1) is 0 Å². The number of hydrogen-bond donors (Lipinski definition) is 3. The van der Waals surface area contributed by atoms with Crippen molar-refractivity contribution in [2.75, 3.05) is 6.54 Å². The van der Waals surface area contributed by atoms with E-state index in [4.69, 9.17) is 0 Å². The molecule has 7 nitrogen and oxygen atoms in total. The number of H-pyrrole nitrogens is 1. The minimum Gasteiger partial charge on any atom is -0.361 e. The van der Waals surface area contributed by atoms with Gasteiger partial charge >= 0.3 is 0 Å². The summed E-state index contributed by atoms with van der Waals surface area (Å²) in [7, 11) is 0. The molecule has 0 bridgehead atoms. The number of pyridine rings is 2. The molecule has 1 aliphatic carbocycles. The maximum Gasteiger partial charge on any atom is 0.270 e. The lowest BCUT2D eigenvalue weighted by molar-refractivity contribution is -0.127. The number of rotatable bonds is 8. The highest BCUT2D eigenvalue weighted by Gasteiger charge is 2.40. The van der Waals surface area contributed by atoms with E-state index in [1.807, 2.05) is 61.8 Å². The van der Waals surface area contributed by atoms with Gasteiger partial charge in [0.25, 0.3) is 5.91 Å². The Morgan fingerprint density at radius 3 is 2.55 bits per heavy atom. The lowest BCUT2D eigenvalue weighted by Gasteiger charge is -2.38. The second-order valence-corrected chi connectivity index (χ2v) is 10.7. The van der Waals surface area contributed by atoms with E-state index in [2.05, 4.69) is 31.7 Å². The molecule has 0 saturated heterocycles. The second kappa shape index (κ2) is 10.8. The average molecular weight is 510 g/mol. The van der Waals surface area contributed by atoms with Crippen LogP contribution in [0.25, 0.3) is 10.9 Å². The van der Waals surface area contributed by atoms with E-state index in [1.54, 1.807) is 19.1 Å². The largest absolute Gasteiger partial charge is 0.361 e. The number of aromatic nitrogens is 3. The summed E-state index contributed by atoms with van der Waals surface area (Å²) in [6.45, 7) is 4.12. The third-order valence-corrected chi connectivity index (χ3v) is 7.84. The molecular formula is C31H35N5O2. The smallest absolute Gasteiger partial charge is 0.270 e. The van der Waals surface area contributed by atoms with Crippen LogP contribution < -0.4 is 10.6 Å². The van der Waals surface area contributed by atoms with Crippen molar-refractivity contribution in [3.8, 4) is 0 Å². The number of carbonyl (C=O) groups is 2. The first kappa shape index (κ1) is 25.6. The van der Waals surface area contributed by atoms with Crippen molar-refractivity contribution in [1.82, 2.24) is 25.6 Å². The van der Waals surface area contributed by atoms with Gasteiger partial charge in [-0.1, -0.05) is 49.6 Å². The van der Waals surface area contributed by atoms with Gasteiger partial charge in [-0.25, -0.2) is 4.98 Å². The number of para-hydroxylation sites is 1. The third-order valence-electron chi connectivity index (χ3n) is 7.84. The molecule has 0 aliphatic heterocycles. The molecule has 3 heterocycles. The fourth-order valence-corrected chi connectivity index (χ4v) is 5.70. The highest BCUT2D eigenvalue weighted by atomic mass is 16.2. The summed E-state index contributed by atoms with van der Waals surface area (Å²) >= 11 is 0. The molecular weight excluding hydrogens is 474 g/mol. The fraction of sp³-hybridized carbons (Fsp3) is 0.355. The van der Waals surface area contributed by atoms with Crippen LogP contribution >= 0.6 is 0 Å². The summed E-state index contributed by atoms with van der Waals surface area (Å²) < 4.78 is 0. The number of hydrogen-bond acceptors (Lipinski definition) is 4. The molecule has 1 aromatic carbocycles. The number of nitrogens with one attached hydrogen (secondary N) is 3. The molecule has 5 rings (SSSR count). The van der Waals surface area contributed by atoms with E-state index in [0.29, 0.717) is 18.7 Å². The highest BCUT2D eigenvalue weighted by Crippen LogP contribution is 2.38. The van der Waals surface area contributed by atoms with Crippen molar-refractivity contribution < 1.29 is 9.59 Å². The van der Waals surface area contributed by atoms with Crippen molar-refractivity contribution in [3.05, 3.63) is 95.7 Å². The quantitative estimate of drug-likeness (QED) is 0.311. The first-order valence-electron chi connectivity index (χ1n) is 13.4. The number of carbonyl (C=O) groups excluding carboxylic acids is 2. The van der Waals surface area contributed by atoms with Crippen molar-refractivity contribution >= 4 is 22.7 Å². The minimum absolute atomic E-state index is 0.209. The lowest BCUT2D eigenvalue weighted by atomic mass is 9.71. The summed E-state index contributed by atoms with van der Waals surface area (Å²) in [4.78, 5) is 39.7. The predicted molar refractivity (Wildman–Crippen MR) is 149 cm³/mol. The molecule has 7 heteroatoms. The van der Waals surface area contributed by atoms with Crippen molar-refractivity contribution in [2.45, 2.75) is 63.3 Å². The Morgan fingerprint density at radius 2 is 1.79 bits per heavy atom. The SMILES string of the molecule is Cc1cccc(C(=O)N[C@@](C)(Cc2c[nH]c3ccccc23)C(=O)NCC2(c3ccccn3)CCCCC2)n1. The maximum absolute atomic E-state index is 14.0. The van der Waals surface area contributed by atoms with Crippen molar-refractivity contribution in [3.63, 3.8) is 0 Å². The molecule has 0 radical (unpaired) electrons. The maximum atomic E-state index is 14.0. The van der Waals surface area contributed by atoms with Crippen LogP contribution in [0.5, 0.6) is 0 Å². The first-order valence-corrected chi connectivity index (χ1v) is 13.4. The summed E-state index contributed by atoms with van der Waals surface area (Å²) in [5.74, 6) is -0.590. The molecule has 3 aromatic heterocycles. The monoisotopic (exact) mass is 509 g/mol. The average Bonchev–Trinajstić information content (AvgIpc) is 3.35. The molecule has 2 amide bonds. The van der Waals surface area contributed by atoms with Crippen LogP contribution in [0.15, 0.2) is 73.1 Å². The van der Waals surface area contributed by atoms with Gasteiger partial charge < -0.3 is 15.6 Å². The number of benzene rings is 1. The summed E-state index contributed by atoms with van der Waals surface area (Å²) in [5, 5.41) is 7.31. The van der Waals surface area contributed by atoms with Gasteiger partial charge in [0.1, 0.15) is 11.2 Å². The van der Waals surface area contributed by atoms with Gasteiger partial charge in [-0.2, -0.15) is 0 Å². The van der Waals surface area contributed by atoms with Gasteiger partial charge in [-0.3, -0.25) is 14.6 Å². The van der Waals surface area contributed by atoms with Crippen molar-refractivity contribution in [1.29, 1.82) is 0 Å². The molecule has 0 unspecified atom stereocenters. The van der Waals surface area contributed by atoms with E-state index in [1.165, 1.54) is 6.42 Å². The van der Waals surface area contributed by atoms with E-state index >= 15 is 0 Å². The van der Waals surface area contributed by atoms with Gasteiger partial charge in [-0.05, 0) is 62.6 Å². The van der Waals surface area contributed by atoms with E-state index in [-0.39, 0.29) is 17.2 Å². The van der Waals surface area contributed by atoms with Crippen LogP contribution in [-0.2, 0) is 16.6 Å². The zero-order chi connectivity index (χ0) is 26.6. The standard InChI is InChI=1S/C31H35N5O2/c1-22-11-10-14-26(35-22)28(37)36-30(2,19-23-20-33-25-13-5-4-12-24(23)25)29(38)34-21-31(16-7-3-8-17-31)27-15-6-9-18-32-27/h4-6,9-15,18,20,33H,3,7-8,16-17,19,21H2,1-2H3,(H,34,38)(H,36,37)/t30-/m0/s1. The zero-order valence-corrected chi connectivity index (χ0v) is 22.1. The summed E-state index contributed by atoms with van der Waals surface area (Å²) in [6.07, 6.45) is 9.43. The molecule has 1 saturated carbocycles. The molecule has 196 valence electrons. The van der Waals surface area contributed by atoms with Crippen LogP contribution in [0, 0.1) is 6.92 Å². The van der Waals surface area contributed by atoms with Gasteiger partial charge in [0.15, 0.2) is 0 Å². The highest BCUT2D eigenvalue weighted by molar-refractivity contribution is 5.98. The number of amides is 2. The fourth-order valence-electron chi connectivity index (χ4n) is 5.70. The van der Waals surface area contributed by atoms with E-state index in [0.717, 1.165) is 53.5 Å². The molecule has 1 atom stereocenters. The Morgan fingerprint density at radius 1 is 1.00 bits per heavy atom. The second-order valence-electron chi connectivity index (χ2n) is 10.7. The molecule has 38 heavy (non-hydrogen) atoms. The zero-order valence-electron chi connectivity index (χ0n) is 22.1. The van der Waals surface area contributed by atoms with Crippen LogP contribution in [-0.4, -0.2) is 38.8 Å². The summed E-state index contributed by atoms with van der Waals surface area (Å²) in [6, 6.07) is 19.3. The van der Waals surface area contributed by atoms with Crippen LogP contribution in [0.3, 0.4) is 0 Å². The van der Waals surface area contributed by atoms with Crippen LogP contribution in [0.4, 0.5) is 0 Å². The Hall–Kier alpha value is -4.00. The lowest BCUT2D eigenvalue weighted by Crippen LogP contribution is -2.60. The Labute approximate surface area is 223 Å². The third kappa shape index (κ3) is 5.32. The Bertz CT molecular complexity index is 1420. The van der Waals surface area contributed by atoms with Gasteiger partial charge in [0.2, 0.25) is 5.91 Å². The minimum atomic E-state index is -1.20. The van der Waals surface area contributed by atoms with Crippen LogP contribution in [0.2, 0.25) is 0 Å². The number of aryl methyl sites for hydroxylation is 1. The van der Waals surface area contributed by atoms with E-state index in [9.17, 15) is 9.59 Å². The molecule has 3 N–H and O–H groups in total. The molecule has 1 aliphatic rings. The Balaban J connectivity index is 1.43. The molecule has 0 spiro atoms.